The summed E-state index contributed by atoms with van der Waals surface area (Å²) in [6, 6.07) is 8.43. The zero-order valence-corrected chi connectivity index (χ0v) is 14.5. The molecule has 0 aliphatic carbocycles. The number of amides is 1. The molecule has 1 aliphatic rings. The number of carbonyl (C=O) groups is 1. The van der Waals surface area contributed by atoms with E-state index in [9.17, 15) is 4.79 Å². The molecule has 1 aromatic rings. The number of nitrogens with zero attached hydrogens (tertiary/aromatic N) is 1. The molecule has 1 amide bonds. The normalized spacial score (nSPS) is 23.9. The molecule has 3 heteroatoms. The Kier molecular flexibility index (Phi) is 5.74. The van der Waals surface area contributed by atoms with Crippen LogP contribution in [0.1, 0.15) is 38.3 Å². The van der Waals surface area contributed by atoms with Gasteiger partial charge in [-0.3, -0.25) is 4.79 Å². The molecular formula is C18H27NOS. The molecule has 0 spiro atoms. The first-order chi connectivity index (χ1) is 9.97. The second-order valence-electron chi connectivity index (χ2n) is 6.57. The van der Waals surface area contributed by atoms with Crippen LogP contribution in [0.3, 0.4) is 0 Å². The Morgan fingerprint density at radius 3 is 2.52 bits per heavy atom. The fraction of sp³-hybridized carbons (Fsp3) is 0.611. The molecule has 1 saturated heterocycles. The highest BCUT2D eigenvalue weighted by Crippen LogP contribution is 2.25. The van der Waals surface area contributed by atoms with E-state index in [1.165, 1.54) is 17.5 Å². The maximum absolute atomic E-state index is 12.6. The molecule has 3 atom stereocenters. The van der Waals surface area contributed by atoms with Gasteiger partial charge in [-0.1, -0.05) is 38.1 Å². The van der Waals surface area contributed by atoms with Gasteiger partial charge < -0.3 is 4.90 Å². The monoisotopic (exact) mass is 305 g/mol. The molecule has 0 saturated carbocycles. The molecule has 0 bridgehead atoms. The number of aryl methyl sites for hydroxylation is 1. The van der Waals surface area contributed by atoms with E-state index in [1.807, 2.05) is 0 Å². The highest BCUT2D eigenvalue weighted by atomic mass is 32.2. The van der Waals surface area contributed by atoms with Crippen molar-refractivity contribution in [3.05, 3.63) is 35.4 Å². The molecule has 0 radical (unpaired) electrons. The highest BCUT2D eigenvalue weighted by Gasteiger charge is 2.28. The van der Waals surface area contributed by atoms with Crippen molar-refractivity contribution >= 4 is 17.7 Å². The van der Waals surface area contributed by atoms with Crippen LogP contribution >= 0.6 is 11.8 Å². The molecule has 0 aromatic heterocycles. The average molecular weight is 305 g/mol. The van der Waals surface area contributed by atoms with Crippen molar-refractivity contribution in [2.24, 2.45) is 11.8 Å². The van der Waals surface area contributed by atoms with Gasteiger partial charge in [0, 0.05) is 18.8 Å². The lowest BCUT2D eigenvalue weighted by molar-refractivity contribution is -0.132. The van der Waals surface area contributed by atoms with Gasteiger partial charge in [-0.05, 0) is 43.2 Å². The molecule has 2 nitrogen and oxygen atoms in total. The number of thioether (sulfide) groups is 1. The summed E-state index contributed by atoms with van der Waals surface area (Å²) in [6.45, 7) is 10.5. The minimum atomic E-state index is 0.0436. The predicted molar refractivity (Wildman–Crippen MR) is 91.5 cm³/mol. The standard InChI is InChI=1S/C18H27NOS/c1-13-9-14(2)11-19(10-13)18(20)16(4)21-12-17-8-6-5-7-15(17)3/h5-8,13-14,16H,9-12H2,1-4H3. The Morgan fingerprint density at radius 1 is 1.29 bits per heavy atom. The van der Waals surface area contributed by atoms with Gasteiger partial charge in [-0.2, -0.15) is 0 Å². The zero-order valence-electron chi connectivity index (χ0n) is 13.6. The van der Waals surface area contributed by atoms with E-state index in [0.717, 1.165) is 18.8 Å². The summed E-state index contributed by atoms with van der Waals surface area (Å²) >= 11 is 1.76. The topological polar surface area (TPSA) is 20.3 Å². The van der Waals surface area contributed by atoms with Crippen LogP contribution in [-0.2, 0) is 10.5 Å². The Hall–Kier alpha value is -0.960. The summed E-state index contributed by atoms with van der Waals surface area (Å²) in [6.07, 6.45) is 1.24. The third kappa shape index (κ3) is 4.50. The van der Waals surface area contributed by atoms with E-state index in [2.05, 4.69) is 56.9 Å². The van der Waals surface area contributed by atoms with Crippen LogP contribution in [0.5, 0.6) is 0 Å². The average Bonchev–Trinajstić information content (AvgIpc) is 2.44. The fourth-order valence-electron chi connectivity index (χ4n) is 3.16. The van der Waals surface area contributed by atoms with Crippen LogP contribution in [0.15, 0.2) is 24.3 Å². The van der Waals surface area contributed by atoms with Crippen molar-refractivity contribution in [2.45, 2.75) is 45.1 Å². The summed E-state index contributed by atoms with van der Waals surface area (Å²) in [5, 5.41) is 0.0436. The highest BCUT2D eigenvalue weighted by molar-refractivity contribution is 7.99. The maximum atomic E-state index is 12.6. The Bertz CT molecular complexity index is 478. The van der Waals surface area contributed by atoms with Crippen LogP contribution in [0, 0.1) is 18.8 Å². The van der Waals surface area contributed by atoms with Gasteiger partial charge in [0.25, 0.3) is 0 Å². The van der Waals surface area contributed by atoms with Crippen LogP contribution in [0.4, 0.5) is 0 Å². The minimum Gasteiger partial charge on any atom is -0.341 e. The Labute approximate surface area is 133 Å². The maximum Gasteiger partial charge on any atom is 0.235 e. The number of piperidine rings is 1. The van der Waals surface area contributed by atoms with E-state index < -0.39 is 0 Å². The van der Waals surface area contributed by atoms with Crippen molar-refractivity contribution in [3.8, 4) is 0 Å². The lowest BCUT2D eigenvalue weighted by atomic mass is 9.92. The van der Waals surface area contributed by atoms with Gasteiger partial charge in [-0.15, -0.1) is 11.8 Å². The Morgan fingerprint density at radius 2 is 1.90 bits per heavy atom. The first kappa shape index (κ1) is 16.4. The van der Waals surface area contributed by atoms with Gasteiger partial charge in [0.2, 0.25) is 5.91 Å². The van der Waals surface area contributed by atoms with Gasteiger partial charge in [0.15, 0.2) is 0 Å². The molecule has 116 valence electrons. The SMILES string of the molecule is Cc1ccccc1CSC(C)C(=O)N1CC(C)CC(C)C1. The molecule has 1 heterocycles. The van der Waals surface area contributed by atoms with Crippen molar-refractivity contribution in [1.29, 1.82) is 0 Å². The van der Waals surface area contributed by atoms with E-state index in [4.69, 9.17) is 0 Å². The van der Waals surface area contributed by atoms with E-state index in [-0.39, 0.29) is 5.25 Å². The molecule has 2 rings (SSSR count). The van der Waals surface area contributed by atoms with Gasteiger partial charge in [-0.25, -0.2) is 0 Å². The van der Waals surface area contributed by atoms with E-state index in [0.29, 0.717) is 17.7 Å². The number of rotatable bonds is 4. The van der Waals surface area contributed by atoms with Crippen LogP contribution in [0.25, 0.3) is 0 Å². The summed E-state index contributed by atoms with van der Waals surface area (Å²) in [5.41, 5.74) is 2.65. The van der Waals surface area contributed by atoms with E-state index in [1.54, 1.807) is 11.8 Å². The molecular weight excluding hydrogens is 278 g/mol. The molecule has 3 unspecified atom stereocenters. The van der Waals surface area contributed by atoms with E-state index >= 15 is 0 Å². The van der Waals surface area contributed by atoms with Crippen molar-refractivity contribution < 1.29 is 4.79 Å². The minimum absolute atomic E-state index is 0.0436. The number of hydrogen-bond acceptors (Lipinski definition) is 2. The number of benzene rings is 1. The summed E-state index contributed by atoms with van der Waals surface area (Å²) in [7, 11) is 0. The fourth-order valence-corrected chi connectivity index (χ4v) is 4.20. The molecule has 21 heavy (non-hydrogen) atoms. The van der Waals surface area contributed by atoms with Crippen LogP contribution < -0.4 is 0 Å². The summed E-state index contributed by atoms with van der Waals surface area (Å²) in [5.74, 6) is 2.49. The first-order valence-corrected chi connectivity index (χ1v) is 8.97. The smallest absolute Gasteiger partial charge is 0.235 e. The second-order valence-corrected chi connectivity index (χ2v) is 7.90. The lowest BCUT2D eigenvalue weighted by Gasteiger charge is -2.36. The van der Waals surface area contributed by atoms with Crippen LogP contribution in [-0.4, -0.2) is 29.1 Å². The molecule has 1 aromatic carbocycles. The lowest BCUT2D eigenvalue weighted by Crippen LogP contribution is -2.45. The van der Waals surface area contributed by atoms with Crippen molar-refractivity contribution in [1.82, 2.24) is 4.90 Å². The number of hydrogen-bond donors (Lipinski definition) is 0. The Balaban J connectivity index is 1.89. The number of carbonyl (C=O) groups excluding carboxylic acids is 1. The van der Waals surface area contributed by atoms with Crippen LogP contribution in [0.2, 0.25) is 0 Å². The molecule has 0 N–H and O–H groups in total. The molecule has 1 aliphatic heterocycles. The number of likely N-dealkylation sites (tertiary alicyclic amines) is 1. The summed E-state index contributed by atoms with van der Waals surface area (Å²) in [4.78, 5) is 14.7. The third-order valence-electron chi connectivity index (χ3n) is 4.28. The second kappa shape index (κ2) is 7.35. The predicted octanol–water partition coefficient (Wildman–Crippen LogP) is 4.12. The van der Waals surface area contributed by atoms with Gasteiger partial charge in [0.05, 0.1) is 5.25 Å². The largest absolute Gasteiger partial charge is 0.341 e. The van der Waals surface area contributed by atoms with Gasteiger partial charge in [0.1, 0.15) is 0 Å². The van der Waals surface area contributed by atoms with Gasteiger partial charge >= 0.3 is 0 Å². The third-order valence-corrected chi connectivity index (χ3v) is 5.46. The van der Waals surface area contributed by atoms with Crippen molar-refractivity contribution in [3.63, 3.8) is 0 Å². The quantitative estimate of drug-likeness (QED) is 0.834. The molecule has 1 fully saturated rings. The first-order valence-electron chi connectivity index (χ1n) is 7.92. The summed E-state index contributed by atoms with van der Waals surface area (Å²) < 4.78 is 0. The zero-order chi connectivity index (χ0) is 15.4. The van der Waals surface area contributed by atoms with Crippen molar-refractivity contribution in [2.75, 3.05) is 13.1 Å².